The van der Waals surface area contributed by atoms with Gasteiger partial charge in [0.2, 0.25) is 0 Å². The van der Waals surface area contributed by atoms with Gasteiger partial charge >= 0.3 is 0 Å². The van der Waals surface area contributed by atoms with Gasteiger partial charge < -0.3 is 5.11 Å². The van der Waals surface area contributed by atoms with E-state index in [1.807, 2.05) is 23.5 Å². The molecule has 1 aliphatic heterocycles. The van der Waals surface area contributed by atoms with E-state index in [4.69, 9.17) is 0 Å². The summed E-state index contributed by atoms with van der Waals surface area (Å²) in [7, 11) is 0. The van der Waals surface area contributed by atoms with Crippen LogP contribution in [0.15, 0.2) is 24.3 Å². The van der Waals surface area contributed by atoms with Gasteiger partial charge in [-0.2, -0.15) is 0 Å². The predicted molar refractivity (Wildman–Crippen MR) is 76.6 cm³/mol. The lowest BCUT2D eigenvalue weighted by Crippen LogP contribution is -2.45. The number of hydrogen-bond acceptors (Lipinski definition) is 3. The lowest BCUT2D eigenvalue weighted by atomic mass is 9.92. The first-order valence-corrected chi connectivity index (χ1v) is 8.21. The summed E-state index contributed by atoms with van der Waals surface area (Å²) < 4.78 is -0.0716. The Morgan fingerprint density at radius 1 is 1.18 bits per heavy atom. The fraction of sp³-hybridized carbons (Fsp3) is 0.571. The molecule has 1 heterocycles. The average Bonchev–Trinajstić information content (AvgIpc) is 2.71. The number of aryl methyl sites for hydroxylation is 1. The highest BCUT2D eigenvalue weighted by molar-refractivity contribution is 8.18. The highest BCUT2D eigenvalue weighted by Gasteiger charge is 2.52. The summed E-state index contributed by atoms with van der Waals surface area (Å²) in [6.07, 6.45) is 3.16. The molecule has 1 unspecified atom stereocenters. The summed E-state index contributed by atoms with van der Waals surface area (Å²) in [6.45, 7) is 2.23. The van der Waals surface area contributed by atoms with Gasteiger partial charge in [0.1, 0.15) is 5.60 Å². The zero-order valence-electron chi connectivity index (χ0n) is 10.1. The van der Waals surface area contributed by atoms with Gasteiger partial charge in [0.25, 0.3) is 0 Å². The SMILES string of the molecule is CC1(C2(O)CCc3ccccc32)SCCCS1. The fourth-order valence-corrected chi connectivity index (χ4v) is 6.21. The minimum absolute atomic E-state index is 0.0716. The van der Waals surface area contributed by atoms with Crippen molar-refractivity contribution in [3.8, 4) is 0 Å². The van der Waals surface area contributed by atoms with E-state index in [2.05, 4.69) is 31.2 Å². The van der Waals surface area contributed by atoms with Crippen molar-refractivity contribution in [3.63, 3.8) is 0 Å². The van der Waals surface area contributed by atoms with E-state index in [0.29, 0.717) is 0 Å². The van der Waals surface area contributed by atoms with E-state index in [9.17, 15) is 5.11 Å². The van der Waals surface area contributed by atoms with E-state index >= 15 is 0 Å². The lowest BCUT2D eigenvalue weighted by molar-refractivity contribution is 0.0304. The standard InChI is InChI=1S/C14H18OS2/c1-13(16-9-4-10-17-13)14(15)8-7-11-5-2-3-6-12(11)14/h2-3,5-6,15H,4,7-10H2,1H3. The van der Waals surface area contributed by atoms with Crippen LogP contribution in [0.4, 0.5) is 0 Å². The van der Waals surface area contributed by atoms with E-state index in [0.717, 1.165) is 12.8 Å². The molecule has 1 nitrogen and oxygen atoms in total. The Labute approximate surface area is 111 Å². The molecule has 3 heteroatoms. The zero-order valence-corrected chi connectivity index (χ0v) is 11.7. The molecule has 0 bridgehead atoms. The van der Waals surface area contributed by atoms with E-state index in [1.54, 1.807) is 0 Å². The third-order valence-electron chi connectivity index (χ3n) is 4.01. The Kier molecular flexibility index (Phi) is 2.96. The van der Waals surface area contributed by atoms with Crippen molar-refractivity contribution in [2.24, 2.45) is 0 Å². The summed E-state index contributed by atoms with van der Waals surface area (Å²) >= 11 is 3.88. The topological polar surface area (TPSA) is 20.2 Å². The number of thioether (sulfide) groups is 2. The van der Waals surface area contributed by atoms with E-state index < -0.39 is 5.60 Å². The molecule has 1 fully saturated rings. The summed E-state index contributed by atoms with van der Waals surface area (Å²) in [4.78, 5) is 0. The molecule has 0 radical (unpaired) electrons. The maximum absolute atomic E-state index is 11.2. The molecular formula is C14H18OS2. The molecule has 92 valence electrons. The van der Waals surface area contributed by atoms with Crippen LogP contribution in [0, 0.1) is 0 Å². The molecule has 0 saturated carbocycles. The Bertz CT molecular complexity index is 426. The van der Waals surface area contributed by atoms with Gasteiger partial charge in [0, 0.05) is 0 Å². The van der Waals surface area contributed by atoms with Gasteiger partial charge in [-0.25, -0.2) is 0 Å². The maximum Gasteiger partial charge on any atom is 0.114 e. The number of hydrogen-bond donors (Lipinski definition) is 1. The molecule has 17 heavy (non-hydrogen) atoms. The Hall–Kier alpha value is -0.120. The van der Waals surface area contributed by atoms with E-state index in [1.165, 1.54) is 29.1 Å². The van der Waals surface area contributed by atoms with Gasteiger partial charge in [-0.3, -0.25) is 0 Å². The van der Waals surface area contributed by atoms with Crippen molar-refractivity contribution in [3.05, 3.63) is 35.4 Å². The number of fused-ring (bicyclic) bond motifs is 1. The Balaban J connectivity index is 2.02. The average molecular weight is 266 g/mol. The van der Waals surface area contributed by atoms with Crippen LogP contribution in [-0.4, -0.2) is 20.7 Å². The monoisotopic (exact) mass is 266 g/mol. The van der Waals surface area contributed by atoms with Crippen LogP contribution in [-0.2, 0) is 12.0 Å². The minimum Gasteiger partial charge on any atom is -0.383 e. The van der Waals surface area contributed by atoms with Gasteiger partial charge in [0.05, 0.1) is 4.08 Å². The van der Waals surface area contributed by atoms with Crippen LogP contribution in [0.25, 0.3) is 0 Å². The summed E-state index contributed by atoms with van der Waals surface area (Å²) in [6, 6.07) is 8.41. The van der Waals surface area contributed by atoms with Crippen LogP contribution in [0.1, 0.15) is 30.9 Å². The summed E-state index contributed by atoms with van der Waals surface area (Å²) in [5.41, 5.74) is 1.87. The highest BCUT2D eigenvalue weighted by Crippen LogP contribution is 2.57. The van der Waals surface area contributed by atoms with Crippen LogP contribution in [0.3, 0.4) is 0 Å². The first-order valence-electron chi connectivity index (χ1n) is 6.24. The third kappa shape index (κ3) is 1.74. The van der Waals surface area contributed by atoms with Gasteiger partial charge in [-0.05, 0) is 48.8 Å². The first-order chi connectivity index (χ1) is 8.16. The molecule has 0 amide bonds. The predicted octanol–water partition coefficient (Wildman–Crippen LogP) is 3.41. The van der Waals surface area contributed by atoms with Crippen molar-refractivity contribution in [1.82, 2.24) is 0 Å². The molecule has 3 rings (SSSR count). The molecule has 1 saturated heterocycles. The second-order valence-corrected chi connectivity index (χ2v) is 8.30. The molecule has 1 aromatic rings. The molecular weight excluding hydrogens is 248 g/mol. The molecule has 1 aromatic carbocycles. The number of benzene rings is 1. The number of aliphatic hydroxyl groups is 1. The van der Waals surface area contributed by atoms with Crippen molar-refractivity contribution in [2.45, 2.75) is 35.9 Å². The Morgan fingerprint density at radius 3 is 2.65 bits per heavy atom. The van der Waals surface area contributed by atoms with E-state index in [-0.39, 0.29) is 4.08 Å². The molecule has 0 aromatic heterocycles. The third-order valence-corrected chi connectivity index (χ3v) is 7.48. The zero-order chi connectivity index (χ0) is 11.9. The van der Waals surface area contributed by atoms with Crippen LogP contribution < -0.4 is 0 Å². The fourth-order valence-electron chi connectivity index (χ4n) is 2.94. The summed E-state index contributed by atoms with van der Waals surface area (Å²) in [5.74, 6) is 2.35. The summed E-state index contributed by atoms with van der Waals surface area (Å²) in [5, 5.41) is 11.2. The second-order valence-electron chi connectivity index (χ2n) is 5.01. The first kappa shape index (κ1) is 11.9. The second kappa shape index (κ2) is 4.22. The van der Waals surface area contributed by atoms with Crippen molar-refractivity contribution in [2.75, 3.05) is 11.5 Å². The maximum atomic E-state index is 11.2. The van der Waals surface area contributed by atoms with Crippen LogP contribution >= 0.6 is 23.5 Å². The van der Waals surface area contributed by atoms with Gasteiger partial charge in [-0.1, -0.05) is 24.3 Å². The molecule has 1 atom stereocenters. The van der Waals surface area contributed by atoms with Gasteiger partial charge in [-0.15, -0.1) is 23.5 Å². The van der Waals surface area contributed by atoms with Crippen LogP contribution in [0.5, 0.6) is 0 Å². The minimum atomic E-state index is -0.640. The molecule has 1 aliphatic carbocycles. The van der Waals surface area contributed by atoms with Gasteiger partial charge in [0.15, 0.2) is 0 Å². The molecule has 1 N–H and O–H groups in total. The largest absolute Gasteiger partial charge is 0.383 e. The normalized spacial score (nSPS) is 31.2. The van der Waals surface area contributed by atoms with Crippen LogP contribution in [0.2, 0.25) is 0 Å². The quantitative estimate of drug-likeness (QED) is 0.841. The molecule has 0 spiro atoms. The molecule has 2 aliphatic rings. The van der Waals surface area contributed by atoms with Crippen molar-refractivity contribution < 1.29 is 5.11 Å². The lowest BCUT2D eigenvalue weighted by Gasteiger charge is -2.44. The number of rotatable bonds is 1. The highest BCUT2D eigenvalue weighted by atomic mass is 32.2. The van der Waals surface area contributed by atoms with Crippen molar-refractivity contribution in [1.29, 1.82) is 0 Å². The smallest absolute Gasteiger partial charge is 0.114 e. The Morgan fingerprint density at radius 2 is 1.88 bits per heavy atom. The van der Waals surface area contributed by atoms with Crippen molar-refractivity contribution >= 4 is 23.5 Å².